The molecule has 0 aliphatic rings. The molecule has 0 spiro atoms. The van der Waals surface area contributed by atoms with E-state index in [0.717, 1.165) is 5.56 Å². The fourth-order valence-corrected chi connectivity index (χ4v) is 2.01. The first-order chi connectivity index (χ1) is 8.56. The Hall–Kier alpha value is -1.68. The number of esters is 1. The van der Waals surface area contributed by atoms with Gasteiger partial charge in [-0.3, -0.25) is 0 Å². The summed E-state index contributed by atoms with van der Waals surface area (Å²) < 4.78 is 18.7. The summed E-state index contributed by atoms with van der Waals surface area (Å²) in [5.74, 6) is -0.461. The van der Waals surface area contributed by atoms with Crippen LogP contribution in [0.15, 0.2) is 46.9 Å². The number of benzene rings is 2. The SMILES string of the molecule is Cc1ccc(OC(=O)c2ccc(F)cc2)c(Br)c1. The number of hydrogen-bond acceptors (Lipinski definition) is 2. The number of hydrogen-bond donors (Lipinski definition) is 0. The summed E-state index contributed by atoms with van der Waals surface area (Å²) in [5, 5.41) is 0. The van der Waals surface area contributed by atoms with Gasteiger partial charge in [0.05, 0.1) is 10.0 Å². The van der Waals surface area contributed by atoms with Gasteiger partial charge in [-0.1, -0.05) is 6.07 Å². The molecule has 2 nitrogen and oxygen atoms in total. The van der Waals surface area contributed by atoms with E-state index >= 15 is 0 Å². The van der Waals surface area contributed by atoms with Gasteiger partial charge in [0, 0.05) is 0 Å². The Balaban J connectivity index is 2.18. The standard InChI is InChI=1S/C14H10BrFO2/c1-9-2-7-13(12(15)8-9)18-14(17)10-3-5-11(16)6-4-10/h2-8H,1H3. The van der Waals surface area contributed by atoms with Crippen LogP contribution in [0.2, 0.25) is 0 Å². The van der Waals surface area contributed by atoms with E-state index in [1.165, 1.54) is 24.3 Å². The summed E-state index contributed by atoms with van der Waals surface area (Å²) in [7, 11) is 0. The smallest absolute Gasteiger partial charge is 0.343 e. The van der Waals surface area contributed by atoms with E-state index in [0.29, 0.717) is 15.8 Å². The van der Waals surface area contributed by atoms with Crippen LogP contribution in [-0.4, -0.2) is 5.97 Å². The third-order valence-corrected chi connectivity index (χ3v) is 2.99. The van der Waals surface area contributed by atoms with Crippen molar-refractivity contribution >= 4 is 21.9 Å². The molecular weight excluding hydrogens is 299 g/mol. The number of aryl methyl sites for hydroxylation is 1. The van der Waals surface area contributed by atoms with Gasteiger partial charge in [-0.15, -0.1) is 0 Å². The summed E-state index contributed by atoms with van der Waals surface area (Å²) in [6.45, 7) is 1.94. The minimum absolute atomic E-state index is 0.309. The molecular formula is C14H10BrFO2. The molecule has 0 aliphatic carbocycles. The van der Waals surface area contributed by atoms with Crippen molar-refractivity contribution in [2.45, 2.75) is 6.92 Å². The fraction of sp³-hybridized carbons (Fsp3) is 0.0714. The van der Waals surface area contributed by atoms with Gasteiger partial charge in [0.2, 0.25) is 0 Å². The average Bonchev–Trinajstić information content (AvgIpc) is 2.33. The predicted octanol–water partition coefficient (Wildman–Crippen LogP) is 4.12. The first-order valence-electron chi connectivity index (χ1n) is 5.30. The molecule has 0 saturated heterocycles. The molecule has 2 aromatic rings. The van der Waals surface area contributed by atoms with Gasteiger partial charge in [-0.25, -0.2) is 9.18 Å². The molecule has 0 N–H and O–H groups in total. The van der Waals surface area contributed by atoms with Crippen molar-refractivity contribution in [3.63, 3.8) is 0 Å². The highest BCUT2D eigenvalue weighted by Crippen LogP contribution is 2.26. The van der Waals surface area contributed by atoms with Crippen molar-refractivity contribution in [1.82, 2.24) is 0 Å². The maximum atomic E-state index is 12.7. The largest absolute Gasteiger partial charge is 0.422 e. The molecule has 2 aromatic carbocycles. The van der Waals surface area contributed by atoms with Crippen molar-refractivity contribution in [1.29, 1.82) is 0 Å². The van der Waals surface area contributed by atoms with Gasteiger partial charge in [-0.2, -0.15) is 0 Å². The molecule has 0 amide bonds. The van der Waals surface area contributed by atoms with Gasteiger partial charge in [0.25, 0.3) is 0 Å². The molecule has 92 valence electrons. The van der Waals surface area contributed by atoms with Crippen molar-refractivity contribution in [2.75, 3.05) is 0 Å². The van der Waals surface area contributed by atoms with Crippen molar-refractivity contribution in [3.05, 3.63) is 63.9 Å². The first-order valence-corrected chi connectivity index (χ1v) is 6.09. The Labute approximate surface area is 113 Å². The van der Waals surface area contributed by atoms with Gasteiger partial charge < -0.3 is 4.74 Å². The van der Waals surface area contributed by atoms with E-state index in [1.54, 1.807) is 6.07 Å². The van der Waals surface area contributed by atoms with E-state index in [4.69, 9.17) is 4.74 Å². The van der Waals surface area contributed by atoms with Gasteiger partial charge >= 0.3 is 5.97 Å². The topological polar surface area (TPSA) is 26.3 Å². The second kappa shape index (κ2) is 5.31. The van der Waals surface area contributed by atoms with E-state index in [2.05, 4.69) is 15.9 Å². The van der Waals surface area contributed by atoms with E-state index in [9.17, 15) is 9.18 Å². The zero-order valence-corrected chi connectivity index (χ0v) is 11.2. The molecule has 2 rings (SSSR count). The predicted molar refractivity (Wildman–Crippen MR) is 70.2 cm³/mol. The molecule has 0 atom stereocenters. The van der Waals surface area contributed by atoms with Crippen LogP contribution in [0.3, 0.4) is 0 Å². The Bertz CT molecular complexity index is 579. The van der Waals surface area contributed by atoms with Crippen LogP contribution in [0.4, 0.5) is 4.39 Å². The quantitative estimate of drug-likeness (QED) is 0.616. The third-order valence-electron chi connectivity index (χ3n) is 2.37. The van der Waals surface area contributed by atoms with Crippen molar-refractivity contribution in [3.8, 4) is 5.75 Å². The molecule has 18 heavy (non-hydrogen) atoms. The molecule has 0 aromatic heterocycles. The minimum Gasteiger partial charge on any atom is -0.422 e. The highest BCUT2D eigenvalue weighted by molar-refractivity contribution is 9.10. The number of halogens is 2. The highest BCUT2D eigenvalue weighted by atomic mass is 79.9. The molecule has 0 bridgehead atoms. The normalized spacial score (nSPS) is 10.2. The van der Waals surface area contributed by atoms with E-state index in [-0.39, 0.29) is 5.82 Å². The Kier molecular flexibility index (Phi) is 3.77. The van der Waals surface area contributed by atoms with Crippen LogP contribution in [-0.2, 0) is 0 Å². The molecule has 0 aliphatic heterocycles. The lowest BCUT2D eigenvalue weighted by atomic mass is 10.2. The van der Waals surface area contributed by atoms with Crippen LogP contribution in [0, 0.1) is 12.7 Å². The molecule has 0 fully saturated rings. The minimum atomic E-state index is -0.514. The van der Waals surface area contributed by atoms with E-state index in [1.807, 2.05) is 19.1 Å². The summed E-state index contributed by atoms with van der Waals surface area (Å²) in [6.07, 6.45) is 0. The van der Waals surface area contributed by atoms with Crippen LogP contribution in [0.5, 0.6) is 5.75 Å². The molecule has 4 heteroatoms. The molecule has 0 saturated carbocycles. The number of rotatable bonds is 2. The maximum Gasteiger partial charge on any atom is 0.343 e. The van der Waals surface area contributed by atoms with Crippen molar-refractivity contribution in [2.24, 2.45) is 0 Å². The number of ether oxygens (including phenoxy) is 1. The first kappa shape index (κ1) is 12.8. The summed E-state index contributed by atoms with van der Waals surface area (Å²) >= 11 is 3.32. The van der Waals surface area contributed by atoms with Crippen LogP contribution < -0.4 is 4.74 Å². The zero-order valence-electron chi connectivity index (χ0n) is 9.61. The highest BCUT2D eigenvalue weighted by Gasteiger charge is 2.10. The van der Waals surface area contributed by atoms with Crippen molar-refractivity contribution < 1.29 is 13.9 Å². The summed E-state index contributed by atoms with van der Waals surface area (Å²) in [4.78, 5) is 11.8. The summed E-state index contributed by atoms with van der Waals surface area (Å²) in [6, 6.07) is 10.6. The number of carbonyl (C=O) groups is 1. The van der Waals surface area contributed by atoms with E-state index < -0.39 is 5.97 Å². The average molecular weight is 309 g/mol. The van der Waals surface area contributed by atoms with Crippen LogP contribution in [0.25, 0.3) is 0 Å². The van der Waals surface area contributed by atoms with Gasteiger partial charge in [0.15, 0.2) is 0 Å². The fourth-order valence-electron chi connectivity index (χ4n) is 1.43. The zero-order chi connectivity index (χ0) is 13.1. The van der Waals surface area contributed by atoms with Gasteiger partial charge in [0.1, 0.15) is 11.6 Å². The third kappa shape index (κ3) is 2.96. The Morgan fingerprint density at radius 1 is 1.17 bits per heavy atom. The monoisotopic (exact) mass is 308 g/mol. The molecule has 0 heterocycles. The molecule has 0 unspecified atom stereocenters. The Morgan fingerprint density at radius 2 is 1.83 bits per heavy atom. The maximum absolute atomic E-state index is 12.7. The summed E-state index contributed by atoms with van der Waals surface area (Å²) in [5.41, 5.74) is 1.37. The second-order valence-electron chi connectivity index (χ2n) is 3.83. The van der Waals surface area contributed by atoms with Gasteiger partial charge in [-0.05, 0) is 64.8 Å². The van der Waals surface area contributed by atoms with Crippen LogP contribution in [0.1, 0.15) is 15.9 Å². The lowest BCUT2D eigenvalue weighted by molar-refractivity contribution is 0.0733. The lowest BCUT2D eigenvalue weighted by Gasteiger charge is -2.07. The lowest BCUT2D eigenvalue weighted by Crippen LogP contribution is -2.08. The van der Waals surface area contributed by atoms with Crippen LogP contribution >= 0.6 is 15.9 Å². The Morgan fingerprint density at radius 3 is 2.44 bits per heavy atom. The molecule has 0 radical (unpaired) electrons. The second-order valence-corrected chi connectivity index (χ2v) is 4.68. The number of carbonyl (C=O) groups excluding carboxylic acids is 1.